The highest BCUT2D eigenvalue weighted by molar-refractivity contribution is 8.00. The van der Waals surface area contributed by atoms with Crippen LogP contribution in [-0.2, 0) is 9.59 Å². The molecule has 0 bridgehead atoms. The SMILES string of the molecule is COc1cccc(-c2csc(NC(=O)CSc3ccc(NC(=O)/C(=C/c4ccc(F)cc4)NC(=O)c4ccccc4)cc3)n2)c1. The van der Waals surface area contributed by atoms with Gasteiger partial charge in [-0.25, -0.2) is 9.37 Å². The zero-order chi connectivity index (χ0) is 31.6. The van der Waals surface area contributed by atoms with Crippen LogP contribution in [0.4, 0.5) is 15.2 Å². The number of hydrogen-bond acceptors (Lipinski definition) is 7. The number of methoxy groups -OCH3 is 1. The molecule has 1 aromatic heterocycles. The van der Waals surface area contributed by atoms with E-state index in [-0.39, 0.29) is 17.4 Å². The lowest BCUT2D eigenvalue weighted by atomic mass is 10.1. The van der Waals surface area contributed by atoms with Crippen LogP contribution in [0.2, 0.25) is 0 Å². The second kappa shape index (κ2) is 15.0. The molecule has 0 fully saturated rings. The van der Waals surface area contributed by atoms with Gasteiger partial charge in [0.1, 0.15) is 17.3 Å². The molecule has 45 heavy (non-hydrogen) atoms. The molecule has 3 amide bonds. The van der Waals surface area contributed by atoms with Gasteiger partial charge in [-0.05, 0) is 72.3 Å². The molecule has 0 aliphatic carbocycles. The predicted octanol–water partition coefficient (Wildman–Crippen LogP) is 7.10. The molecule has 11 heteroatoms. The first kappa shape index (κ1) is 31.2. The van der Waals surface area contributed by atoms with E-state index >= 15 is 0 Å². The lowest BCUT2D eigenvalue weighted by Crippen LogP contribution is -2.30. The number of hydrogen-bond donors (Lipinski definition) is 3. The Hall–Kier alpha value is -5.26. The normalized spacial score (nSPS) is 11.0. The fraction of sp³-hybridized carbons (Fsp3) is 0.0588. The number of anilines is 2. The van der Waals surface area contributed by atoms with Gasteiger partial charge in [0.25, 0.3) is 11.8 Å². The Kier molecular flexibility index (Phi) is 10.4. The molecule has 0 atom stereocenters. The first-order valence-corrected chi connectivity index (χ1v) is 15.5. The van der Waals surface area contributed by atoms with Crippen LogP contribution < -0.4 is 20.7 Å². The largest absolute Gasteiger partial charge is 0.497 e. The molecule has 3 N–H and O–H groups in total. The van der Waals surface area contributed by atoms with Crippen molar-refractivity contribution in [2.24, 2.45) is 0 Å². The van der Waals surface area contributed by atoms with Crippen LogP contribution in [0.15, 0.2) is 119 Å². The molecule has 226 valence electrons. The smallest absolute Gasteiger partial charge is 0.272 e. The zero-order valence-corrected chi connectivity index (χ0v) is 25.6. The first-order chi connectivity index (χ1) is 21.9. The van der Waals surface area contributed by atoms with E-state index in [9.17, 15) is 18.8 Å². The molecule has 0 aliphatic rings. The number of thioether (sulfide) groups is 1. The summed E-state index contributed by atoms with van der Waals surface area (Å²) in [6.45, 7) is 0. The Labute approximate surface area is 267 Å². The molecule has 0 saturated heterocycles. The second-order valence-electron chi connectivity index (χ2n) is 9.51. The van der Waals surface area contributed by atoms with Gasteiger partial charge in [-0.3, -0.25) is 14.4 Å². The van der Waals surface area contributed by atoms with Gasteiger partial charge in [0.2, 0.25) is 5.91 Å². The summed E-state index contributed by atoms with van der Waals surface area (Å²) in [4.78, 5) is 43.9. The Morgan fingerprint density at radius 1 is 0.911 bits per heavy atom. The molecule has 0 spiro atoms. The van der Waals surface area contributed by atoms with Crippen molar-refractivity contribution in [1.29, 1.82) is 0 Å². The summed E-state index contributed by atoms with van der Waals surface area (Å²) >= 11 is 2.68. The third-order valence-electron chi connectivity index (χ3n) is 6.31. The number of ether oxygens (including phenoxy) is 1. The Bertz CT molecular complexity index is 1830. The average molecular weight is 639 g/mol. The average Bonchev–Trinajstić information content (AvgIpc) is 3.54. The van der Waals surface area contributed by atoms with E-state index in [4.69, 9.17) is 4.74 Å². The van der Waals surface area contributed by atoms with E-state index in [1.165, 1.54) is 53.4 Å². The van der Waals surface area contributed by atoms with E-state index in [1.54, 1.807) is 61.7 Å². The van der Waals surface area contributed by atoms with Crippen molar-refractivity contribution in [1.82, 2.24) is 10.3 Å². The van der Waals surface area contributed by atoms with Crippen molar-refractivity contribution >= 4 is 57.7 Å². The summed E-state index contributed by atoms with van der Waals surface area (Å²) < 4.78 is 18.7. The lowest BCUT2D eigenvalue weighted by Gasteiger charge is -2.12. The molecule has 0 saturated carbocycles. The van der Waals surface area contributed by atoms with Gasteiger partial charge in [0.05, 0.1) is 18.6 Å². The van der Waals surface area contributed by atoms with Gasteiger partial charge < -0.3 is 20.7 Å². The maximum Gasteiger partial charge on any atom is 0.272 e. The number of nitrogens with one attached hydrogen (secondary N) is 3. The molecular formula is C34H27FN4O4S2. The second-order valence-corrected chi connectivity index (χ2v) is 11.4. The third-order valence-corrected chi connectivity index (χ3v) is 8.08. The van der Waals surface area contributed by atoms with Crippen LogP contribution in [0, 0.1) is 5.82 Å². The number of carbonyl (C=O) groups excluding carboxylic acids is 3. The Morgan fingerprint density at radius 2 is 1.67 bits per heavy atom. The third kappa shape index (κ3) is 8.88. The first-order valence-electron chi connectivity index (χ1n) is 13.6. The van der Waals surface area contributed by atoms with Gasteiger partial charge in [-0.1, -0.05) is 42.5 Å². The van der Waals surface area contributed by atoms with Crippen LogP contribution in [-0.4, -0.2) is 35.6 Å². The molecule has 0 unspecified atom stereocenters. The number of amides is 3. The van der Waals surface area contributed by atoms with Crippen molar-refractivity contribution < 1.29 is 23.5 Å². The van der Waals surface area contributed by atoms with E-state index in [0.29, 0.717) is 21.9 Å². The van der Waals surface area contributed by atoms with Crippen molar-refractivity contribution in [2.45, 2.75) is 4.90 Å². The van der Waals surface area contributed by atoms with Gasteiger partial charge in [0.15, 0.2) is 5.13 Å². The molecular weight excluding hydrogens is 612 g/mol. The van der Waals surface area contributed by atoms with Gasteiger partial charge in [-0.2, -0.15) is 0 Å². The highest BCUT2D eigenvalue weighted by Gasteiger charge is 2.16. The maximum atomic E-state index is 13.4. The van der Waals surface area contributed by atoms with Crippen molar-refractivity contribution in [3.8, 4) is 17.0 Å². The molecule has 8 nitrogen and oxygen atoms in total. The molecule has 5 rings (SSSR count). The van der Waals surface area contributed by atoms with Crippen LogP contribution >= 0.6 is 23.1 Å². The van der Waals surface area contributed by atoms with Crippen LogP contribution in [0.25, 0.3) is 17.3 Å². The molecule has 4 aromatic carbocycles. The Morgan fingerprint density at radius 3 is 2.40 bits per heavy atom. The molecule has 5 aromatic rings. The predicted molar refractivity (Wildman–Crippen MR) is 177 cm³/mol. The number of thiazole rings is 1. The van der Waals surface area contributed by atoms with E-state index in [1.807, 2.05) is 29.6 Å². The van der Waals surface area contributed by atoms with Gasteiger partial charge in [-0.15, -0.1) is 23.1 Å². The number of halogens is 1. The van der Waals surface area contributed by atoms with Crippen molar-refractivity contribution in [3.05, 3.63) is 131 Å². The maximum absolute atomic E-state index is 13.4. The molecule has 0 radical (unpaired) electrons. The highest BCUT2D eigenvalue weighted by Crippen LogP contribution is 2.28. The summed E-state index contributed by atoms with van der Waals surface area (Å²) in [5.74, 6) is -0.740. The fourth-order valence-corrected chi connectivity index (χ4v) is 5.49. The minimum atomic E-state index is -0.555. The van der Waals surface area contributed by atoms with Crippen LogP contribution in [0.1, 0.15) is 15.9 Å². The van der Waals surface area contributed by atoms with Crippen molar-refractivity contribution in [2.75, 3.05) is 23.5 Å². The number of nitrogens with zero attached hydrogens (tertiary/aromatic N) is 1. The van der Waals surface area contributed by atoms with Crippen molar-refractivity contribution in [3.63, 3.8) is 0 Å². The highest BCUT2D eigenvalue weighted by atomic mass is 32.2. The van der Waals surface area contributed by atoms with Crippen LogP contribution in [0.3, 0.4) is 0 Å². The monoisotopic (exact) mass is 638 g/mol. The van der Waals surface area contributed by atoms with Gasteiger partial charge in [0, 0.05) is 27.1 Å². The van der Waals surface area contributed by atoms with Gasteiger partial charge >= 0.3 is 0 Å². The quantitative estimate of drug-likeness (QED) is 0.105. The summed E-state index contributed by atoms with van der Waals surface area (Å²) in [6.07, 6.45) is 1.47. The summed E-state index contributed by atoms with van der Waals surface area (Å²) in [7, 11) is 1.60. The summed E-state index contributed by atoms with van der Waals surface area (Å²) in [6, 6.07) is 28.6. The summed E-state index contributed by atoms with van der Waals surface area (Å²) in [5, 5.41) is 10.6. The van der Waals surface area contributed by atoms with Crippen LogP contribution in [0.5, 0.6) is 5.75 Å². The number of rotatable bonds is 11. The number of benzene rings is 4. The fourth-order valence-electron chi connectivity index (χ4n) is 4.05. The molecule has 0 aliphatic heterocycles. The van der Waals surface area contributed by atoms with E-state index in [0.717, 1.165) is 21.9 Å². The molecule has 1 heterocycles. The standard InChI is InChI=1S/C34H27FN4O4S2/c1-43-27-9-5-8-24(19-27)30-20-45-34(38-30)39-31(40)21-44-28-16-14-26(15-17-28)36-33(42)29(18-22-10-12-25(35)13-11-22)37-32(41)23-6-3-2-4-7-23/h2-20H,21H2,1H3,(H,36,42)(H,37,41)(H,38,39,40)/b29-18-. The minimum Gasteiger partial charge on any atom is -0.497 e. The Balaban J connectivity index is 1.18. The minimum absolute atomic E-state index is 0.0117. The topological polar surface area (TPSA) is 109 Å². The zero-order valence-electron chi connectivity index (χ0n) is 24.0. The lowest BCUT2D eigenvalue weighted by molar-refractivity contribution is -0.114. The number of carbonyl (C=O) groups is 3. The van der Waals surface area contributed by atoms with E-state index in [2.05, 4.69) is 20.9 Å². The van der Waals surface area contributed by atoms with E-state index < -0.39 is 17.6 Å². The number of aromatic nitrogens is 1. The summed E-state index contributed by atoms with van der Waals surface area (Å²) in [5.41, 5.74) is 3.03.